The number of halogens is 1. The van der Waals surface area contributed by atoms with Crippen LogP contribution in [0, 0.1) is 11.7 Å². The highest BCUT2D eigenvalue weighted by Crippen LogP contribution is 2.18. The molecule has 1 N–H and O–H groups in total. The van der Waals surface area contributed by atoms with Gasteiger partial charge in [0.25, 0.3) is 0 Å². The summed E-state index contributed by atoms with van der Waals surface area (Å²) >= 11 is 0. The first-order chi connectivity index (χ1) is 15.2. The van der Waals surface area contributed by atoms with Gasteiger partial charge in [-0.05, 0) is 53.5 Å². The van der Waals surface area contributed by atoms with E-state index in [0.29, 0.717) is 37.6 Å². The number of carbonyl (C=O) groups excluding carboxylic acids is 2. The van der Waals surface area contributed by atoms with Gasteiger partial charge in [0.1, 0.15) is 11.9 Å². The molecule has 5 heteroatoms. The van der Waals surface area contributed by atoms with Crippen molar-refractivity contribution in [3.8, 4) is 0 Å². The number of benzene rings is 2. The Hall–Kier alpha value is -2.69. The molecule has 174 valence electrons. The van der Waals surface area contributed by atoms with Crippen molar-refractivity contribution in [2.75, 3.05) is 6.54 Å². The van der Waals surface area contributed by atoms with Crippen molar-refractivity contribution < 1.29 is 14.0 Å². The molecule has 0 bridgehead atoms. The summed E-state index contributed by atoms with van der Waals surface area (Å²) < 4.78 is 13.4. The van der Waals surface area contributed by atoms with Crippen LogP contribution in [-0.2, 0) is 22.6 Å². The van der Waals surface area contributed by atoms with Gasteiger partial charge in [0.05, 0.1) is 0 Å². The first kappa shape index (κ1) is 25.6. The lowest BCUT2D eigenvalue weighted by Gasteiger charge is -2.31. The number of carbonyl (C=O) groups is 2. The van der Waals surface area contributed by atoms with Gasteiger partial charge in [0.2, 0.25) is 11.8 Å². The summed E-state index contributed by atoms with van der Waals surface area (Å²) in [6.07, 6.45) is 1.44. The Morgan fingerprint density at radius 2 is 1.53 bits per heavy atom. The summed E-state index contributed by atoms with van der Waals surface area (Å²) in [7, 11) is 0. The third-order valence-corrected chi connectivity index (χ3v) is 5.61. The first-order valence-electron chi connectivity index (χ1n) is 11.6. The number of amides is 2. The average Bonchev–Trinajstić information content (AvgIpc) is 2.77. The quantitative estimate of drug-likeness (QED) is 0.504. The minimum atomic E-state index is -0.561. The van der Waals surface area contributed by atoms with Gasteiger partial charge in [0, 0.05) is 19.5 Å². The van der Waals surface area contributed by atoms with Crippen molar-refractivity contribution in [1.29, 1.82) is 0 Å². The molecule has 2 amide bonds. The fourth-order valence-corrected chi connectivity index (χ4v) is 3.59. The summed E-state index contributed by atoms with van der Waals surface area (Å²) in [5.74, 6) is 0.253. The summed E-state index contributed by atoms with van der Waals surface area (Å²) in [4.78, 5) is 27.8. The summed E-state index contributed by atoms with van der Waals surface area (Å²) in [5, 5.41) is 2.96. The van der Waals surface area contributed by atoms with Crippen LogP contribution in [0.5, 0.6) is 0 Å². The number of nitrogens with one attached hydrogen (secondary N) is 1. The Balaban J connectivity index is 2.16. The molecule has 0 fully saturated rings. The number of hydrogen-bond acceptors (Lipinski definition) is 2. The van der Waals surface area contributed by atoms with Crippen molar-refractivity contribution in [3.63, 3.8) is 0 Å². The maximum atomic E-state index is 13.4. The molecule has 0 spiro atoms. The summed E-state index contributed by atoms with van der Waals surface area (Å²) in [5.41, 5.74) is 3.17. The van der Waals surface area contributed by atoms with Gasteiger partial charge in [-0.25, -0.2) is 4.39 Å². The van der Waals surface area contributed by atoms with Crippen LogP contribution >= 0.6 is 0 Å². The van der Waals surface area contributed by atoms with E-state index in [-0.39, 0.29) is 24.2 Å². The molecule has 32 heavy (non-hydrogen) atoms. The Labute approximate surface area is 192 Å². The average molecular weight is 441 g/mol. The van der Waals surface area contributed by atoms with Gasteiger partial charge in [-0.1, -0.05) is 71.0 Å². The number of hydrogen-bond donors (Lipinski definition) is 1. The van der Waals surface area contributed by atoms with Crippen LogP contribution in [-0.4, -0.2) is 29.3 Å². The van der Waals surface area contributed by atoms with Gasteiger partial charge in [-0.15, -0.1) is 0 Å². The fraction of sp³-hybridized carbons (Fsp3) is 0.481. The Bertz CT molecular complexity index is 860. The molecule has 2 aromatic rings. The van der Waals surface area contributed by atoms with Crippen molar-refractivity contribution in [2.45, 2.75) is 72.4 Å². The third kappa shape index (κ3) is 7.77. The van der Waals surface area contributed by atoms with Gasteiger partial charge < -0.3 is 10.2 Å². The van der Waals surface area contributed by atoms with Gasteiger partial charge in [-0.3, -0.25) is 9.59 Å². The third-order valence-electron chi connectivity index (χ3n) is 5.61. The van der Waals surface area contributed by atoms with Crippen LogP contribution in [0.25, 0.3) is 0 Å². The zero-order chi connectivity index (χ0) is 23.7. The van der Waals surface area contributed by atoms with Gasteiger partial charge in [0.15, 0.2) is 0 Å². The molecule has 2 rings (SSSR count). The maximum Gasteiger partial charge on any atom is 0.242 e. The van der Waals surface area contributed by atoms with Crippen LogP contribution in [0.15, 0.2) is 48.5 Å². The topological polar surface area (TPSA) is 49.4 Å². The molecule has 1 atom stereocenters. The number of rotatable bonds is 11. The van der Waals surface area contributed by atoms with Crippen LogP contribution in [0.3, 0.4) is 0 Å². The highest BCUT2D eigenvalue weighted by atomic mass is 19.1. The predicted octanol–water partition coefficient (Wildman–Crippen LogP) is 5.46. The fourth-order valence-electron chi connectivity index (χ4n) is 3.59. The molecule has 0 aliphatic heterocycles. The van der Waals surface area contributed by atoms with Crippen molar-refractivity contribution in [3.05, 3.63) is 71.0 Å². The Morgan fingerprint density at radius 1 is 0.938 bits per heavy atom. The molecule has 0 saturated heterocycles. The number of nitrogens with zero attached hydrogens (tertiary/aromatic N) is 1. The largest absolute Gasteiger partial charge is 0.354 e. The monoisotopic (exact) mass is 440 g/mol. The van der Waals surface area contributed by atoms with Crippen LogP contribution in [0.1, 0.15) is 70.1 Å². The van der Waals surface area contributed by atoms with Gasteiger partial charge in [-0.2, -0.15) is 0 Å². The van der Waals surface area contributed by atoms with Crippen LogP contribution < -0.4 is 5.32 Å². The van der Waals surface area contributed by atoms with Crippen molar-refractivity contribution >= 4 is 11.8 Å². The van der Waals surface area contributed by atoms with E-state index < -0.39 is 6.04 Å². The minimum Gasteiger partial charge on any atom is -0.354 e. The second-order valence-electron chi connectivity index (χ2n) is 9.11. The SMILES string of the molecule is CC[C@@H](C(=O)NCC(C)C)N(Cc1ccc(F)cc1)C(=O)CCc1ccc(C(C)C)cc1. The van der Waals surface area contributed by atoms with E-state index in [0.717, 1.165) is 11.1 Å². The van der Waals surface area contributed by atoms with Crippen molar-refractivity contribution in [1.82, 2.24) is 10.2 Å². The zero-order valence-corrected chi connectivity index (χ0v) is 20.0. The molecule has 4 nitrogen and oxygen atoms in total. The smallest absolute Gasteiger partial charge is 0.242 e. The highest BCUT2D eigenvalue weighted by molar-refractivity contribution is 5.87. The van der Waals surface area contributed by atoms with Gasteiger partial charge >= 0.3 is 0 Å². The molecular weight excluding hydrogens is 403 g/mol. The summed E-state index contributed by atoms with van der Waals surface area (Å²) in [6.45, 7) is 11.1. The highest BCUT2D eigenvalue weighted by Gasteiger charge is 2.28. The van der Waals surface area contributed by atoms with E-state index in [1.807, 2.05) is 20.8 Å². The molecule has 2 aromatic carbocycles. The van der Waals surface area contributed by atoms with E-state index in [9.17, 15) is 14.0 Å². The molecule has 0 saturated carbocycles. The number of aryl methyl sites for hydroxylation is 1. The lowest BCUT2D eigenvalue weighted by atomic mass is 10.00. The van der Waals surface area contributed by atoms with Crippen LogP contribution in [0.2, 0.25) is 0 Å². The predicted molar refractivity (Wildman–Crippen MR) is 128 cm³/mol. The van der Waals surface area contributed by atoms with E-state index in [2.05, 4.69) is 43.4 Å². The van der Waals surface area contributed by atoms with E-state index in [1.54, 1.807) is 17.0 Å². The molecule has 0 unspecified atom stereocenters. The lowest BCUT2D eigenvalue weighted by molar-refractivity contribution is -0.141. The van der Waals surface area contributed by atoms with E-state index in [4.69, 9.17) is 0 Å². The maximum absolute atomic E-state index is 13.4. The van der Waals surface area contributed by atoms with Crippen LogP contribution in [0.4, 0.5) is 4.39 Å². The zero-order valence-electron chi connectivity index (χ0n) is 20.0. The molecule has 0 radical (unpaired) electrons. The normalized spacial score (nSPS) is 12.1. The second kappa shape index (κ2) is 12.4. The molecule has 0 aliphatic rings. The van der Waals surface area contributed by atoms with E-state index >= 15 is 0 Å². The second-order valence-corrected chi connectivity index (χ2v) is 9.11. The molecular formula is C27H37FN2O2. The Morgan fingerprint density at radius 3 is 2.06 bits per heavy atom. The van der Waals surface area contributed by atoms with E-state index in [1.165, 1.54) is 17.7 Å². The Kier molecular flexibility index (Phi) is 9.89. The first-order valence-corrected chi connectivity index (χ1v) is 11.6. The lowest BCUT2D eigenvalue weighted by Crippen LogP contribution is -2.49. The molecule has 0 aromatic heterocycles. The standard InChI is InChI=1S/C27H37FN2O2/c1-6-25(27(32)29-17-19(2)3)30(18-22-9-14-24(28)15-10-22)26(31)16-11-21-7-12-23(13-8-21)20(4)5/h7-10,12-15,19-20,25H,6,11,16-18H2,1-5H3,(H,29,32)/t25-/m0/s1. The molecule has 0 aliphatic carbocycles. The molecule has 0 heterocycles. The minimum absolute atomic E-state index is 0.0752. The summed E-state index contributed by atoms with van der Waals surface area (Å²) in [6, 6.07) is 13.9. The van der Waals surface area contributed by atoms with Crippen molar-refractivity contribution in [2.24, 2.45) is 5.92 Å².